The predicted molar refractivity (Wildman–Crippen MR) is 107 cm³/mol. The fourth-order valence-electron chi connectivity index (χ4n) is 3.71. The van der Waals surface area contributed by atoms with Crippen LogP contribution in [-0.2, 0) is 11.2 Å². The van der Waals surface area contributed by atoms with Gasteiger partial charge in [-0.15, -0.1) is 0 Å². The molecule has 0 aliphatic carbocycles. The van der Waals surface area contributed by atoms with Crippen molar-refractivity contribution in [3.8, 4) is 22.9 Å². The molecular formula is C22H22FN3O4. The largest absolute Gasteiger partial charge is 0.493 e. The highest BCUT2D eigenvalue weighted by molar-refractivity contribution is 5.79. The average Bonchev–Trinajstić information content (AvgIpc) is 3.42. The van der Waals surface area contributed by atoms with Crippen LogP contribution in [0.5, 0.6) is 11.5 Å². The van der Waals surface area contributed by atoms with E-state index in [2.05, 4.69) is 10.1 Å². The second kappa shape index (κ2) is 8.52. The third kappa shape index (κ3) is 3.98. The summed E-state index contributed by atoms with van der Waals surface area (Å²) in [7, 11) is 3.13. The van der Waals surface area contributed by atoms with Crippen molar-refractivity contribution in [2.75, 3.05) is 20.8 Å². The zero-order valence-corrected chi connectivity index (χ0v) is 16.8. The summed E-state index contributed by atoms with van der Waals surface area (Å²) < 4.78 is 29.5. The van der Waals surface area contributed by atoms with E-state index in [0.29, 0.717) is 35.3 Å². The summed E-state index contributed by atoms with van der Waals surface area (Å²) in [5.41, 5.74) is 1.36. The van der Waals surface area contributed by atoms with E-state index in [0.717, 1.165) is 18.4 Å². The van der Waals surface area contributed by atoms with Crippen LogP contribution in [0.15, 0.2) is 47.0 Å². The lowest BCUT2D eigenvalue weighted by Crippen LogP contribution is -2.32. The monoisotopic (exact) mass is 411 g/mol. The Kier molecular flexibility index (Phi) is 5.65. The lowest BCUT2D eigenvalue weighted by Gasteiger charge is -2.21. The summed E-state index contributed by atoms with van der Waals surface area (Å²) in [5, 5.41) is 4.08. The maximum Gasteiger partial charge on any atom is 0.249 e. The van der Waals surface area contributed by atoms with Crippen LogP contribution in [0.2, 0.25) is 0 Å². The summed E-state index contributed by atoms with van der Waals surface area (Å²) in [5.74, 6) is 1.54. The fourth-order valence-corrected chi connectivity index (χ4v) is 3.71. The van der Waals surface area contributed by atoms with E-state index >= 15 is 0 Å². The molecule has 1 saturated heterocycles. The molecule has 1 aromatic heterocycles. The molecule has 156 valence electrons. The van der Waals surface area contributed by atoms with Gasteiger partial charge in [-0.1, -0.05) is 17.3 Å². The van der Waals surface area contributed by atoms with E-state index in [1.54, 1.807) is 43.4 Å². The third-order valence-electron chi connectivity index (χ3n) is 5.19. The Morgan fingerprint density at radius 3 is 2.80 bits per heavy atom. The van der Waals surface area contributed by atoms with Crippen molar-refractivity contribution >= 4 is 5.91 Å². The van der Waals surface area contributed by atoms with E-state index in [-0.39, 0.29) is 24.2 Å². The number of nitrogens with zero attached hydrogens (tertiary/aromatic N) is 3. The highest BCUT2D eigenvalue weighted by atomic mass is 19.1. The van der Waals surface area contributed by atoms with Gasteiger partial charge in [0.15, 0.2) is 11.5 Å². The van der Waals surface area contributed by atoms with Crippen LogP contribution in [0.3, 0.4) is 0 Å². The third-order valence-corrected chi connectivity index (χ3v) is 5.19. The van der Waals surface area contributed by atoms with Crippen molar-refractivity contribution in [1.29, 1.82) is 0 Å². The number of amides is 1. The topological polar surface area (TPSA) is 77.7 Å². The van der Waals surface area contributed by atoms with Gasteiger partial charge >= 0.3 is 0 Å². The van der Waals surface area contributed by atoms with Gasteiger partial charge in [0.05, 0.1) is 20.6 Å². The Morgan fingerprint density at radius 2 is 2.03 bits per heavy atom. The molecule has 1 amide bonds. The molecule has 0 N–H and O–H groups in total. The maximum absolute atomic E-state index is 13.4. The molecule has 2 heterocycles. The Bertz CT molecular complexity index is 1050. The minimum absolute atomic E-state index is 0.0889. The quantitative estimate of drug-likeness (QED) is 0.614. The second-order valence-corrected chi connectivity index (χ2v) is 7.08. The van der Waals surface area contributed by atoms with Gasteiger partial charge in [0, 0.05) is 12.1 Å². The van der Waals surface area contributed by atoms with Gasteiger partial charge in [-0.3, -0.25) is 4.79 Å². The molecular weight excluding hydrogens is 389 g/mol. The molecule has 0 radical (unpaired) electrons. The minimum atomic E-state index is -0.352. The van der Waals surface area contributed by atoms with Crippen molar-refractivity contribution in [1.82, 2.24) is 15.0 Å². The van der Waals surface area contributed by atoms with Crippen molar-refractivity contribution in [2.45, 2.75) is 25.3 Å². The van der Waals surface area contributed by atoms with Crippen LogP contribution in [0.1, 0.15) is 30.3 Å². The molecule has 1 atom stereocenters. The average molecular weight is 411 g/mol. The molecule has 30 heavy (non-hydrogen) atoms. The van der Waals surface area contributed by atoms with Gasteiger partial charge in [0.25, 0.3) is 0 Å². The van der Waals surface area contributed by atoms with E-state index in [9.17, 15) is 9.18 Å². The van der Waals surface area contributed by atoms with Crippen molar-refractivity contribution in [3.63, 3.8) is 0 Å². The number of carbonyl (C=O) groups is 1. The first-order valence-corrected chi connectivity index (χ1v) is 9.69. The molecule has 0 spiro atoms. The number of methoxy groups -OCH3 is 2. The number of hydrogen-bond donors (Lipinski definition) is 0. The van der Waals surface area contributed by atoms with Crippen LogP contribution in [0.25, 0.3) is 11.4 Å². The van der Waals surface area contributed by atoms with Crippen LogP contribution in [0, 0.1) is 5.82 Å². The molecule has 4 rings (SSSR count). The lowest BCUT2D eigenvalue weighted by molar-refractivity contribution is -0.131. The second-order valence-electron chi connectivity index (χ2n) is 7.08. The number of aromatic nitrogens is 2. The van der Waals surface area contributed by atoms with Crippen LogP contribution in [-0.4, -0.2) is 41.7 Å². The van der Waals surface area contributed by atoms with Crippen LogP contribution < -0.4 is 9.47 Å². The number of hydrogen-bond acceptors (Lipinski definition) is 6. The Balaban J connectivity index is 1.53. The molecule has 3 aromatic rings. The van der Waals surface area contributed by atoms with Gasteiger partial charge in [-0.05, 0) is 48.7 Å². The molecule has 0 unspecified atom stereocenters. The van der Waals surface area contributed by atoms with E-state index in [1.165, 1.54) is 12.1 Å². The van der Waals surface area contributed by atoms with E-state index in [4.69, 9.17) is 14.0 Å². The Morgan fingerprint density at radius 1 is 1.20 bits per heavy atom. The molecule has 0 bridgehead atoms. The smallest absolute Gasteiger partial charge is 0.249 e. The highest BCUT2D eigenvalue weighted by Gasteiger charge is 2.34. The first-order chi connectivity index (χ1) is 14.6. The first-order valence-electron chi connectivity index (χ1n) is 9.69. The number of ether oxygens (including phenoxy) is 2. The number of benzene rings is 2. The SMILES string of the molecule is COc1ccc(-c2noc([C@H]3CCCN3C(=O)Cc3cccc(F)c3)n2)cc1OC. The first kappa shape index (κ1) is 19.9. The zero-order chi connectivity index (χ0) is 21.1. The molecule has 2 aromatic carbocycles. The van der Waals surface area contributed by atoms with Gasteiger partial charge in [0.2, 0.25) is 17.6 Å². The van der Waals surface area contributed by atoms with Gasteiger partial charge < -0.3 is 18.9 Å². The standard InChI is InChI=1S/C22H22FN3O4/c1-28-18-9-8-15(13-19(18)29-2)21-24-22(30-25-21)17-7-4-10-26(17)20(27)12-14-5-3-6-16(23)11-14/h3,5-6,8-9,11,13,17H,4,7,10,12H2,1-2H3/t17-/m1/s1. The van der Waals surface area contributed by atoms with Gasteiger partial charge in [0.1, 0.15) is 11.9 Å². The highest BCUT2D eigenvalue weighted by Crippen LogP contribution is 2.34. The minimum Gasteiger partial charge on any atom is -0.493 e. The molecule has 1 aliphatic rings. The van der Waals surface area contributed by atoms with E-state index in [1.807, 2.05) is 6.07 Å². The summed E-state index contributed by atoms with van der Waals surface area (Å²) >= 11 is 0. The van der Waals surface area contributed by atoms with Gasteiger partial charge in [-0.2, -0.15) is 4.98 Å². The summed E-state index contributed by atoms with van der Waals surface area (Å²) in [4.78, 5) is 19.1. The zero-order valence-electron chi connectivity index (χ0n) is 16.8. The number of likely N-dealkylation sites (tertiary alicyclic amines) is 1. The maximum atomic E-state index is 13.4. The molecule has 8 heteroatoms. The Labute approximate surface area is 173 Å². The van der Waals surface area contributed by atoms with Crippen LogP contribution in [0.4, 0.5) is 4.39 Å². The summed E-state index contributed by atoms with van der Waals surface area (Å²) in [6.07, 6.45) is 1.71. The predicted octanol–water partition coefficient (Wildman–Crippen LogP) is 3.80. The molecule has 1 fully saturated rings. The van der Waals surface area contributed by atoms with Gasteiger partial charge in [-0.25, -0.2) is 4.39 Å². The van der Waals surface area contributed by atoms with Crippen molar-refractivity contribution in [3.05, 3.63) is 59.7 Å². The summed E-state index contributed by atoms with van der Waals surface area (Å²) in [6.45, 7) is 0.604. The normalized spacial score (nSPS) is 16.0. The van der Waals surface area contributed by atoms with Crippen molar-refractivity contribution in [2.24, 2.45) is 0 Å². The molecule has 0 saturated carbocycles. The molecule has 1 aliphatic heterocycles. The van der Waals surface area contributed by atoms with Crippen LogP contribution >= 0.6 is 0 Å². The van der Waals surface area contributed by atoms with Crippen molar-refractivity contribution < 1.29 is 23.2 Å². The number of carbonyl (C=O) groups excluding carboxylic acids is 1. The lowest BCUT2D eigenvalue weighted by atomic mass is 10.1. The summed E-state index contributed by atoms with van der Waals surface area (Å²) in [6, 6.07) is 11.2. The fraction of sp³-hybridized carbons (Fsp3) is 0.318. The Hall–Kier alpha value is -3.42. The molecule has 7 nitrogen and oxygen atoms in total. The van der Waals surface area contributed by atoms with E-state index < -0.39 is 0 Å². The number of rotatable bonds is 6. The number of halogens is 1.